The molecule has 0 fully saturated rings. The SMILES string of the molecule is CNc1cccc(C(c2ccccn2)N(C)C)c1. The molecule has 18 heavy (non-hydrogen) atoms. The van der Waals surface area contributed by atoms with Crippen molar-refractivity contribution in [1.82, 2.24) is 9.88 Å². The van der Waals surface area contributed by atoms with E-state index in [1.165, 1.54) is 5.56 Å². The zero-order chi connectivity index (χ0) is 13.0. The van der Waals surface area contributed by atoms with Crippen molar-refractivity contribution in [3.05, 3.63) is 59.9 Å². The number of anilines is 1. The van der Waals surface area contributed by atoms with Crippen LogP contribution in [-0.4, -0.2) is 31.0 Å². The predicted molar refractivity (Wildman–Crippen MR) is 75.8 cm³/mol. The van der Waals surface area contributed by atoms with Gasteiger partial charge in [-0.15, -0.1) is 0 Å². The molecular weight excluding hydrogens is 222 g/mol. The molecule has 94 valence electrons. The number of hydrogen-bond acceptors (Lipinski definition) is 3. The number of hydrogen-bond donors (Lipinski definition) is 1. The summed E-state index contributed by atoms with van der Waals surface area (Å²) in [6.45, 7) is 0. The van der Waals surface area contributed by atoms with E-state index in [2.05, 4.69) is 59.6 Å². The zero-order valence-electron chi connectivity index (χ0n) is 11.1. The van der Waals surface area contributed by atoms with Gasteiger partial charge in [-0.2, -0.15) is 0 Å². The van der Waals surface area contributed by atoms with E-state index in [0.29, 0.717) is 0 Å². The third-order valence-corrected chi connectivity index (χ3v) is 2.98. The molecule has 0 aliphatic heterocycles. The summed E-state index contributed by atoms with van der Waals surface area (Å²) in [7, 11) is 6.08. The largest absolute Gasteiger partial charge is 0.388 e. The predicted octanol–water partition coefficient (Wildman–Crippen LogP) is 2.77. The zero-order valence-corrected chi connectivity index (χ0v) is 11.1. The minimum absolute atomic E-state index is 0.180. The van der Waals surface area contributed by atoms with Gasteiger partial charge in [-0.25, -0.2) is 0 Å². The lowest BCUT2D eigenvalue weighted by atomic mass is 10.0. The molecule has 0 radical (unpaired) electrons. The minimum atomic E-state index is 0.180. The van der Waals surface area contributed by atoms with Crippen LogP contribution >= 0.6 is 0 Å². The van der Waals surface area contributed by atoms with Crippen molar-refractivity contribution < 1.29 is 0 Å². The van der Waals surface area contributed by atoms with Crippen molar-refractivity contribution in [1.29, 1.82) is 0 Å². The standard InChI is InChI=1S/C15H19N3/c1-16-13-8-6-7-12(11-13)15(18(2)3)14-9-4-5-10-17-14/h4-11,15-16H,1-3H3. The number of nitrogens with zero attached hydrogens (tertiary/aromatic N) is 2. The normalized spacial score (nSPS) is 12.4. The molecule has 0 amide bonds. The molecule has 0 bridgehead atoms. The summed E-state index contributed by atoms with van der Waals surface area (Å²) in [6.07, 6.45) is 1.84. The Kier molecular flexibility index (Phi) is 3.95. The Hall–Kier alpha value is -1.87. The van der Waals surface area contributed by atoms with Crippen LogP contribution in [0.1, 0.15) is 17.3 Å². The summed E-state index contributed by atoms with van der Waals surface area (Å²) in [5, 5.41) is 3.17. The van der Waals surface area contributed by atoms with E-state index in [1.54, 1.807) is 0 Å². The van der Waals surface area contributed by atoms with E-state index in [9.17, 15) is 0 Å². The lowest BCUT2D eigenvalue weighted by molar-refractivity contribution is 0.336. The maximum absolute atomic E-state index is 4.47. The van der Waals surface area contributed by atoms with Crippen LogP contribution in [0, 0.1) is 0 Å². The van der Waals surface area contributed by atoms with Gasteiger partial charge in [0.25, 0.3) is 0 Å². The van der Waals surface area contributed by atoms with E-state index in [1.807, 2.05) is 25.4 Å². The molecule has 3 nitrogen and oxygen atoms in total. The number of pyridine rings is 1. The van der Waals surface area contributed by atoms with Crippen molar-refractivity contribution in [2.45, 2.75) is 6.04 Å². The third kappa shape index (κ3) is 2.68. The number of aromatic nitrogens is 1. The quantitative estimate of drug-likeness (QED) is 0.892. The van der Waals surface area contributed by atoms with Gasteiger partial charge in [0.2, 0.25) is 0 Å². The lowest BCUT2D eigenvalue weighted by Gasteiger charge is -2.24. The number of rotatable bonds is 4. The fraction of sp³-hybridized carbons (Fsp3) is 0.267. The molecule has 0 saturated carbocycles. The van der Waals surface area contributed by atoms with E-state index >= 15 is 0 Å². The van der Waals surface area contributed by atoms with E-state index in [-0.39, 0.29) is 6.04 Å². The van der Waals surface area contributed by atoms with E-state index < -0.39 is 0 Å². The average molecular weight is 241 g/mol. The third-order valence-electron chi connectivity index (χ3n) is 2.98. The summed E-state index contributed by atoms with van der Waals surface area (Å²) in [5.74, 6) is 0. The Labute approximate surface area is 108 Å². The minimum Gasteiger partial charge on any atom is -0.388 e. The molecule has 3 heteroatoms. The first kappa shape index (κ1) is 12.6. The second-order valence-electron chi connectivity index (χ2n) is 4.50. The molecule has 1 aromatic carbocycles. The molecule has 1 N–H and O–H groups in total. The summed E-state index contributed by atoms with van der Waals surface area (Å²) < 4.78 is 0. The number of benzene rings is 1. The van der Waals surface area contributed by atoms with Crippen LogP contribution < -0.4 is 5.32 Å². The van der Waals surface area contributed by atoms with Gasteiger partial charge in [0.05, 0.1) is 11.7 Å². The monoisotopic (exact) mass is 241 g/mol. The molecule has 1 unspecified atom stereocenters. The summed E-state index contributed by atoms with van der Waals surface area (Å²) in [5.41, 5.74) is 3.43. The van der Waals surface area contributed by atoms with Crippen LogP contribution in [0.2, 0.25) is 0 Å². The first-order valence-electron chi connectivity index (χ1n) is 6.07. The van der Waals surface area contributed by atoms with Gasteiger partial charge in [-0.05, 0) is 43.9 Å². The Morgan fingerprint density at radius 3 is 2.56 bits per heavy atom. The van der Waals surface area contributed by atoms with E-state index in [4.69, 9.17) is 0 Å². The van der Waals surface area contributed by atoms with Crippen molar-refractivity contribution in [2.75, 3.05) is 26.5 Å². The van der Waals surface area contributed by atoms with Gasteiger partial charge in [0, 0.05) is 18.9 Å². The Morgan fingerprint density at radius 2 is 1.94 bits per heavy atom. The Bertz CT molecular complexity index is 494. The van der Waals surface area contributed by atoms with Crippen molar-refractivity contribution in [3.8, 4) is 0 Å². The van der Waals surface area contributed by atoms with Crippen LogP contribution in [0.5, 0.6) is 0 Å². The van der Waals surface area contributed by atoms with Crippen LogP contribution in [0.15, 0.2) is 48.7 Å². The fourth-order valence-electron chi connectivity index (χ4n) is 2.14. The van der Waals surface area contributed by atoms with Crippen LogP contribution in [0.4, 0.5) is 5.69 Å². The van der Waals surface area contributed by atoms with Gasteiger partial charge >= 0.3 is 0 Å². The molecule has 0 aliphatic carbocycles. The molecule has 0 spiro atoms. The van der Waals surface area contributed by atoms with Crippen molar-refractivity contribution in [3.63, 3.8) is 0 Å². The van der Waals surface area contributed by atoms with Crippen LogP contribution in [0.25, 0.3) is 0 Å². The molecule has 1 heterocycles. The fourth-order valence-corrected chi connectivity index (χ4v) is 2.14. The first-order chi connectivity index (χ1) is 8.72. The van der Waals surface area contributed by atoms with Gasteiger partial charge in [-0.3, -0.25) is 9.88 Å². The van der Waals surface area contributed by atoms with Crippen molar-refractivity contribution in [2.24, 2.45) is 0 Å². The highest BCUT2D eigenvalue weighted by molar-refractivity contribution is 5.47. The molecule has 2 aromatic rings. The van der Waals surface area contributed by atoms with Gasteiger partial charge < -0.3 is 5.32 Å². The second kappa shape index (κ2) is 5.65. The molecule has 1 atom stereocenters. The topological polar surface area (TPSA) is 28.2 Å². The lowest BCUT2D eigenvalue weighted by Crippen LogP contribution is -2.22. The average Bonchev–Trinajstić information content (AvgIpc) is 2.40. The van der Waals surface area contributed by atoms with Crippen molar-refractivity contribution >= 4 is 5.69 Å². The smallest absolute Gasteiger partial charge is 0.0772 e. The highest BCUT2D eigenvalue weighted by Crippen LogP contribution is 2.26. The molecule has 2 rings (SSSR count). The van der Waals surface area contributed by atoms with Gasteiger partial charge in [0.1, 0.15) is 0 Å². The highest BCUT2D eigenvalue weighted by Gasteiger charge is 2.17. The Balaban J connectivity index is 2.42. The summed E-state index contributed by atoms with van der Waals surface area (Å²) in [4.78, 5) is 6.65. The molecule has 1 aromatic heterocycles. The Morgan fingerprint density at radius 1 is 1.11 bits per heavy atom. The molecular formula is C15H19N3. The maximum Gasteiger partial charge on any atom is 0.0772 e. The van der Waals surface area contributed by atoms with Gasteiger partial charge in [0.15, 0.2) is 0 Å². The van der Waals surface area contributed by atoms with Gasteiger partial charge in [-0.1, -0.05) is 18.2 Å². The summed E-state index contributed by atoms with van der Waals surface area (Å²) in [6, 6.07) is 14.7. The number of nitrogens with one attached hydrogen (secondary N) is 1. The molecule has 0 aliphatic rings. The highest BCUT2D eigenvalue weighted by atomic mass is 15.1. The maximum atomic E-state index is 4.47. The summed E-state index contributed by atoms with van der Waals surface area (Å²) >= 11 is 0. The van der Waals surface area contributed by atoms with Crippen LogP contribution in [-0.2, 0) is 0 Å². The molecule has 0 saturated heterocycles. The van der Waals surface area contributed by atoms with Crippen LogP contribution in [0.3, 0.4) is 0 Å². The second-order valence-corrected chi connectivity index (χ2v) is 4.50. The first-order valence-corrected chi connectivity index (χ1v) is 6.07. The van der Waals surface area contributed by atoms with E-state index in [0.717, 1.165) is 11.4 Å².